The number of ether oxygens (including phenoxy) is 1. The van der Waals surface area contributed by atoms with E-state index in [1.54, 1.807) is 6.07 Å². The van der Waals surface area contributed by atoms with E-state index in [0.717, 1.165) is 6.54 Å². The predicted octanol–water partition coefficient (Wildman–Crippen LogP) is 1.94. The molecular weight excluding hydrogens is 259 g/mol. The summed E-state index contributed by atoms with van der Waals surface area (Å²) in [5.41, 5.74) is 0.930. The number of nitriles is 1. The third-order valence-electron chi connectivity index (χ3n) is 3.76. The van der Waals surface area contributed by atoms with E-state index in [-0.39, 0.29) is 23.6 Å². The molecule has 2 unspecified atom stereocenters. The van der Waals surface area contributed by atoms with Crippen molar-refractivity contribution in [1.29, 1.82) is 5.26 Å². The Bertz CT molecular complexity index is 553. The highest BCUT2D eigenvalue weighted by Crippen LogP contribution is 2.26. The molecule has 0 N–H and O–H groups in total. The summed E-state index contributed by atoms with van der Waals surface area (Å²) < 4.78 is 18.5. The normalized spacial score (nSPS) is 22.5. The van der Waals surface area contributed by atoms with Crippen LogP contribution in [-0.2, 0) is 16.1 Å². The molecule has 0 aliphatic carbocycles. The van der Waals surface area contributed by atoms with E-state index in [9.17, 15) is 9.18 Å². The number of carbonyl (C=O) groups excluding carboxylic acids is 1. The van der Waals surface area contributed by atoms with Gasteiger partial charge in [-0.1, -0.05) is 6.92 Å². The number of hydrogen-bond donors (Lipinski definition) is 0. The van der Waals surface area contributed by atoms with Crippen LogP contribution < -0.4 is 0 Å². The van der Waals surface area contributed by atoms with E-state index < -0.39 is 0 Å². The number of rotatable bonds is 3. The second-order valence-corrected chi connectivity index (χ2v) is 5.22. The summed E-state index contributed by atoms with van der Waals surface area (Å²) >= 11 is 0. The van der Waals surface area contributed by atoms with Gasteiger partial charge in [0.1, 0.15) is 5.82 Å². The first kappa shape index (κ1) is 14.5. The maximum Gasteiger partial charge on any atom is 0.310 e. The topological polar surface area (TPSA) is 53.3 Å². The van der Waals surface area contributed by atoms with Crippen molar-refractivity contribution < 1.29 is 13.9 Å². The predicted molar refractivity (Wildman–Crippen MR) is 71.1 cm³/mol. The Balaban J connectivity index is 2.09. The first-order chi connectivity index (χ1) is 9.55. The molecule has 20 heavy (non-hydrogen) atoms. The van der Waals surface area contributed by atoms with Crippen molar-refractivity contribution in [2.45, 2.75) is 13.5 Å². The zero-order chi connectivity index (χ0) is 14.7. The molecule has 1 fully saturated rings. The van der Waals surface area contributed by atoms with E-state index in [4.69, 9.17) is 10.00 Å². The van der Waals surface area contributed by atoms with Crippen LogP contribution in [0.4, 0.5) is 4.39 Å². The standard InChI is InChI=1S/C15H17FN2O2/c1-10-7-18(9-13(10)15(19)20-2)8-12-5-11(6-17)3-4-14(12)16/h3-5,10,13H,7-9H2,1-2H3. The number of benzene rings is 1. The number of nitrogens with zero attached hydrogens (tertiary/aromatic N) is 2. The number of esters is 1. The Morgan fingerprint density at radius 1 is 1.55 bits per heavy atom. The van der Waals surface area contributed by atoms with Crippen molar-refractivity contribution in [3.8, 4) is 6.07 Å². The van der Waals surface area contributed by atoms with Crippen molar-refractivity contribution in [3.63, 3.8) is 0 Å². The Hall–Kier alpha value is -1.93. The van der Waals surface area contributed by atoms with Crippen LogP contribution >= 0.6 is 0 Å². The van der Waals surface area contributed by atoms with Gasteiger partial charge in [-0.15, -0.1) is 0 Å². The third-order valence-corrected chi connectivity index (χ3v) is 3.76. The maximum atomic E-state index is 13.8. The van der Waals surface area contributed by atoms with Crippen LogP contribution in [0.25, 0.3) is 0 Å². The Morgan fingerprint density at radius 2 is 2.30 bits per heavy atom. The lowest BCUT2D eigenvalue weighted by atomic mass is 9.99. The zero-order valence-corrected chi connectivity index (χ0v) is 11.6. The summed E-state index contributed by atoms with van der Waals surface area (Å²) in [5.74, 6) is -0.517. The smallest absolute Gasteiger partial charge is 0.310 e. The number of likely N-dealkylation sites (tertiary alicyclic amines) is 1. The molecule has 0 spiro atoms. The minimum absolute atomic E-state index is 0.165. The Labute approximate surface area is 117 Å². The second kappa shape index (κ2) is 6.02. The summed E-state index contributed by atoms with van der Waals surface area (Å²) in [7, 11) is 1.38. The van der Waals surface area contributed by atoms with Crippen LogP contribution in [0.5, 0.6) is 0 Å². The molecule has 2 rings (SSSR count). The minimum Gasteiger partial charge on any atom is -0.469 e. The van der Waals surface area contributed by atoms with Crippen molar-refractivity contribution in [3.05, 3.63) is 35.1 Å². The largest absolute Gasteiger partial charge is 0.469 e. The van der Waals surface area contributed by atoms with E-state index in [0.29, 0.717) is 24.2 Å². The molecule has 4 nitrogen and oxygen atoms in total. The molecule has 0 radical (unpaired) electrons. The highest BCUT2D eigenvalue weighted by Gasteiger charge is 2.35. The highest BCUT2D eigenvalue weighted by molar-refractivity contribution is 5.73. The van der Waals surface area contributed by atoms with Crippen LogP contribution in [-0.4, -0.2) is 31.1 Å². The van der Waals surface area contributed by atoms with E-state index in [2.05, 4.69) is 0 Å². The SMILES string of the molecule is COC(=O)C1CN(Cc2cc(C#N)ccc2F)CC1C. The van der Waals surface area contributed by atoms with Crippen molar-refractivity contribution in [2.24, 2.45) is 11.8 Å². The number of halogens is 1. The van der Waals surface area contributed by atoms with Gasteiger partial charge < -0.3 is 4.74 Å². The maximum absolute atomic E-state index is 13.8. The van der Waals surface area contributed by atoms with Crippen LogP contribution in [0.15, 0.2) is 18.2 Å². The fourth-order valence-corrected chi connectivity index (χ4v) is 2.66. The van der Waals surface area contributed by atoms with Gasteiger partial charge in [0.05, 0.1) is 24.7 Å². The first-order valence-corrected chi connectivity index (χ1v) is 6.54. The molecule has 1 aliphatic rings. The van der Waals surface area contributed by atoms with E-state index >= 15 is 0 Å². The third kappa shape index (κ3) is 2.97. The van der Waals surface area contributed by atoms with Gasteiger partial charge in [-0.3, -0.25) is 9.69 Å². The molecule has 0 bridgehead atoms. The van der Waals surface area contributed by atoms with Crippen molar-refractivity contribution in [2.75, 3.05) is 20.2 Å². The van der Waals surface area contributed by atoms with Gasteiger partial charge >= 0.3 is 5.97 Å². The fourth-order valence-electron chi connectivity index (χ4n) is 2.66. The molecule has 1 aromatic carbocycles. The van der Waals surface area contributed by atoms with Crippen LogP contribution in [0, 0.1) is 29.0 Å². The van der Waals surface area contributed by atoms with Crippen LogP contribution in [0.2, 0.25) is 0 Å². The van der Waals surface area contributed by atoms with Crippen molar-refractivity contribution >= 4 is 5.97 Å². The summed E-state index contributed by atoms with van der Waals surface area (Å²) in [6.45, 7) is 3.67. The van der Waals surface area contributed by atoms with Gasteiger partial charge in [-0.05, 0) is 24.1 Å². The lowest BCUT2D eigenvalue weighted by Crippen LogP contribution is -2.24. The molecule has 1 heterocycles. The summed E-state index contributed by atoms with van der Waals surface area (Å²) in [5, 5.41) is 8.86. The average molecular weight is 276 g/mol. The lowest BCUT2D eigenvalue weighted by molar-refractivity contribution is -0.146. The van der Waals surface area contributed by atoms with Crippen molar-refractivity contribution in [1.82, 2.24) is 4.90 Å². The quantitative estimate of drug-likeness (QED) is 0.792. The number of hydrogen-bond acceptors (Lipinski definition) is 4. The minimum atomic E-state index is -0.321. The Kier molecular flexibility index (Phi) is 4.35. The molecule has 5 heteroatoms. The van der Waals surface area contributed by atoms with Gasteiger partial charge in [-0.2, -0.15) is 5.26 Å². The van der Waals surface area contributed by atoms with Crippen LogP contribution in [0.3, 0.4) is 0 Å². The molecule has 1 aliphatic heterocycles. The molecule has 0 amide bonds. The number of methoxy groups -OCH3 is 1. The molecule has 2 atom stereocenters. The first-order valence-electron chi connectivity index (χ1n) is 6.54. The summed E-state index contributed by atoms with van der Waals surface area (Å²) in [4.78, 5) is 13.6. The highest BCUT2D eigenvalue weighted by atomic mass is 19.1. The number of carbonyl (C=O) groups is 1. The van der Waals surface area contributed by atoms with Gasteiger partial charge in [-0.25, -0.2) is 4.39 Å². The Morgan fingerprint density at radius 3 is 2.95 bits per heavy atom. The van der Waals surface area contributed by atoms with E-state index in [1.165, 1.54) is 19.2 Å². The summed E-state index contributed by atoms with van der Waals surface area (Å²) in [6.07, 6.45) is 0. The van der Waals surface area contributed by atoms with Gasteiger partial charge in [0.2, 0.25) is 0 Å². The second-order valence-electron chi connectivity index (χ2n) is 5.22. The van der Waals surface area contributed by atoms with Crippen LogP contribution in [0.1, 0.15) is 18.1 Å². The average Bonchev–Trinajstić information content (AvgIpc) is 2.81. The van der Waals surface area contributed by atoms with Gasteiger partial charge in [0.25, 0.3) is 0 Å². The van der Waals surface area contributed by atoms with E-state index in [1.807, 2.05) is 17.9 Å². The zero-order valence-electron chi connectivity index (χ0n) is 11.6. The van der Waals surface area contributed by atoms with Gasteiger partial charge in [0, 0.05) is 25.2 Å². The molecular formula is C15H17FN2O2. The summed E-state index contributed by atoms with van der Waals surface area (Å²) in [6, 6.07) is 6.34. The molecule has 0 saturated carbocycles. The monoisotopic (exact) mass is 276 g/mol. The van der Waals surface area contributed by atoms with Gasteiger partial charge in [0.15, 0.2) is 0 Å². The fraction of sp³-hybridized carbons (Fsp3) is 0.467. The lowest BCUT2D eigenvalue weighted by Gasteiger charge is -2.16. The molecule has 0 aromatic heterocycles. The molecule has 106 valence electrons. The molecule has 1 saturated heterocycles. The molecule has 1 aromatic rings.